The minimum absolute atomic E-state index is 0.0769. The van der Waals surface area contributed by atoms with Crippen molar-refractivity contribution in [2.75, 3.05) is 18.0 Å². The minimum Gasteiger partial charge on any atom is -0.507 e. The summed E-state index contributed by atoms with van der Waals surface area (Å²) < 4.78 is 0. The number of carboxylic acids is 2. The average molecular weight is 395 g/mol. The Labute approximate surface area is 167 Å². The Morgan fingerprint density at radius 2 is 1.59 bits per heavy atom. The Morgan fingerprint density at radius 3 is 2.31 bits per heavy atom. The van der Waals surface area contributed by atoms with E-state index in [0.29, 0.717) is 6.42 Å². The van der Waals surface area contributed by atoms with Crippen LogP contribution in [-0.4, -0.2) is 46.1 Å². The van der Waals surface area contributed by atoms with E-state index in [1.54, 1.807) is 6.07 Å². The van der Waals surface area contributed by atoms with Crippen molar-refractivity contribution in [1.82, 2.24) is 0 Å². The molecule has 0 aliphatic carbocycles. The van der Waals surface area contributed by atoms with Crippen molar-refractivity contribution < 1.29 is 29.7 Å². The zero-order chi connectivity index (χ0) is 20.7. The van der Waals surface area contributed by atoms with E-state index in [2.05, 4.69) is 4.90 Å². The van der Waals surface area contributed by atoms with Crippen LogP contribution >= 0.6 is 0 Å². The van der Waals surface area contributed by atoms with Crippen LogP contribution in [-0.2, 0) is 12.8 Å². The third-order valence-corrected chi connectivity index (χ3v) is 5.73. The number of phenols is 1. The molecule has 0 amide bonds. The van der Waals surface area contributed by atoms with Crippen LogP contribution < -0.4 is 4.90 Å². The van der Waals surface area contributed by atoms with Gasteiger partial charge in [0.25, 0.3) is 0 Å². The van der Waals surface area contributed by atoms with E-state index in [4.69, 9.17) is 5.11 Å². The summed E-state index contributed by atoms with van der Waals surface area (Å²) in [6.07, 6.45) is 4.36. The second kappa shape index (κ2) is 7.24. The molecule has 2 aromatic carbocycles. The van der Waals surface area contributed by atoms with E-state index in [0.717, 1.165) is 61.7 Å². The molecule has 0 saturated carbocycles. The fourth-order valence-corrected chi connectivity index (χ4v) is 4.37. The van der Waals surface area contributed by atoms with Gasteiger partial charge in [-0.05, 0) is 61.9 Å². The number of phenolic OH excluding ortho intramolecular Hbond substituents is 1. The number of hydrogen-bond acceptors (Lipinski definition) is 5. The third kappa shape index (κ3) is 3.22. The van der Waals surface area contributed by atoms with Crippen LogP contribution in [0.4, 0.5) is 5.69 Å². The molecule has 3 N–H and O–H groups in total. The Bertz CT molecular complexity index is 1040. The second-order valence-corrected chi connectivity index (χ2v) is 7.51. The van der Waals surface area contributed by atoms with Crippen LogP contribution in [0.1, 0.15) is 67.0 Å². The lowest BCUT2D eigenvalue weighted by atomic mass is 9.88. The second-order valence-electron chi connectivity index (χ2n) is 7.51. The molecule has 0 bridgehead atoms. The molecule has 150 valence electrons. The lowest BCUT2D eigenvalue weighted by molar-refractivity contribution is 0.0692. The third-order valence-electron chi connectivity index (χ3n) is 5.73. The number of carbonyl (C=O) groups excluding carboxylic acids is 1. The van der Waals surface area contributed by atoms with E-state index in [9.17, 15) is 24.6 Å². The van der Waals surface area contributed by atoms with Gasteiger partial charge in [-0.1, -0.05) is 0 Å². The van der Waals surface area contributed by atoms with Crippen LogP contribution in [0.3, 0.4) is 0 Å². The zero-order valence-corrected chi connectivity index (χ0v) is 15.8. The zero-order valence-electron chi connectivity index (χ0n) is 15.8. The lowest BCUT2D eigenvalue weighted by Crippen LogP contribution is -2.30. The Balaban J connectivity index is 1.86. The average Bonchev–Trinajstić information content (AvgIpc) is 2.92. The maximum atomic E-state index is 13.2. The van der Waals surface area contributed by atoms with Crippen LogP contribution in [0.15, 0.2) is 24.3 Å². The number of carboxylic acid groups (broad SMARTS) is 2. The number of aromatic carboxylic acids is 2. The number of ketones is 1. The van der Waals surface area contributed by atoms with Gasteiger partial charge in [-0.25, -0.2) is 9.59 Å². The topological polar surface area (TPSA) is 115 Å². The van der Waals surface area contributed by atoms with E-state index in [-0.39, 0.29) is 28.0 Å². The van der Waals surface area contributed by atoms with E-state index >= 15 is 0 Å². The first-order valence-electron chi connectivity index (χ1n) is 9.66. The number of nitrogens with zero attached hydrogens (tertiary/aromatic N) is 1. The smallest absolute Gasteiger partial charge is 0.336 e. The number of aryl methyl sites for hydroxylation is 1. The fourth-order valence-electron chi connectivity index (χ4n) is 4.37. The molecule has 7 nitrogen and oxygen atoms in total. The molecule has 2 aromatic rings. The Morgan fingerprint density at radius 1 is 0.828 bits per heavy atom. The maximum absolute atomic E-state index is 13.2. The van der Waals surface area contributed by atoms with Crippen molar-refractivity contribution in [3.8, 4) is 5.75 Å². The number of aromatic hydroxyl groups is 1. The van der Waals surface area contributed by atoms with Crippen LogP contribution in [0.5, 0.6) is 5.75 Å². The summed E-state index contributed by atoms with van der Waals surface area (Å²) in [4.78, 5) is 38.3. The van der Waals surface area contributed by atoms with Gasteiger partial charge in [0, 0.05) is 29.9 Å². The predicted molar refractivity (Wildman–Crippen MR) is 105 cm³/mol. The quantitative estimate of drug-likeness (QED) is 0.681. The van der Waals surface area contributed by atoms with Gasteiger partial charge in [0.15, 0.2) is 5.78 Å². The Hall–Kier alpha value is -3.35. The molecule has 29 heavy (non-hydrogen) atoms. The van der Waals surface area contributed by atoms with Crippen LogP contribution in [0.25, 0.3) is 0 Å². The Kier molecular flexibility index (Phi) is 4.74. The number of carbonyl (C=O) groups is 3. The van der Waals surface area contributed by atoms with Crippen molar-refractivity contribution in [3.63, 3.8) is 0 Å². The molecule has 2 heterocycles. The van der Waals surface area contributed by atoms with Gasteiger partial charge in [-0.2, -0.15) is 0 Å². The summed E-state index contributed by atoms with van der Waals surface area (Å²) in [6.45, 7) is 1.85. The fraction of sp³-hybridized carbons (Fsp3) is 0.318. The number of anilines is 1. The first-order chi connectivity index (χ1) is 13.9. The summed E-state index contributed by atoms with van der Waals surface area (Å²) in [5.74, 6) is -3.38. The van der Waals surface area contributed by atoms with Crippen LogP contribution in [0, 0.1) is 0 Å². The summed E-state index contributed by atoms with van der Waals surface area (Å²) in [5, 5.41) is 29.5. The van der Waals surface area contributed by atoms with Crippen molar-refractivity contribution >= 4 is 23.4 Å². The number of rotatable bonds is 4. The highest BCUT2D eigenvalue weighted by atomic mass is 16.4. The molecular weight excluding hydrogens is 374 g/mol. The highest BCUT2D eigenvalue weighted by Crippen LogP contribution is 2.42. The molecule has 7 heteroatoms. The molecule has 0 spiro atoms. The van der Waals surface area contributed by atoms with E-state index < -0.39 is 17.7 Å². The first kappa shape index (κ1) is 19.0. The standard InChI is InChI=1S/C22H21NO6/c24-19(14-7-6-13(21(26)27)11-16(14)22(28)29)17-10-12-4-1-2-8-23-9-3-5-15(18(12)23)20(17)25/h6-7,10-11,25H,1-5,8-9H2,(H,26,27)(H,28,29). The minimum atomic E-state index is -1.39. The predicted octanol–water partition coefficient (Wildman–Crippen LogP) is 3.11. The molecule has 0 radical (unpaired) electrons. The van der Waals surface area contributed by atoms with Crippen molar-refractivity contribution in [2.24, 2.45) is 0 Å². The molecule has 0 saturated heterocycles. The molecule has 0 unspecified atom stereocenters. The van der Waals surface area contributed by atoms with Gasteiger partial charge < -0.3 is 20.2 Å². The molecular formula is C22H21NO6. The molecule has 0 fully saturated rings. The van der Waals surface area contributed by atoms with Crippen molar-refractivity contribution in [2.45, 2.75) is 32.1 Å². The van der Waals surface area contributed by atoms with E-state index in [1.165, 1.54) is 12.1 Å². The van der Waals surface area contributed by atoms with Gasteiger partial charge in [0.1, 0.15) is 5.75 Å². The van der Waals surface area contributed by atoms with Crippen molar-refractivity contribution in [1.29, 1.82) is 0 Å². The number of hydrogen-bond donors (Lipinski definition) is 3. The molecule has 0 atom stereocenters. The highest BCUT2D eigenvalue weighted by Gasteiger charge is 2.30. The lowest BCUT2D eigenvalue weighted by Gasteiger charge is -2.32. The summed E-state index contributed by atoms with van der Waals surface area (Å²) >= 11 is 0. The monoisotopic (exact) mass is 395 g/mol. The molecule has 2 aliphatic heterocycles. The van der Waals surface area contributed by atoms with Gasteiger partial charge in [-0.3, -0.25) is 4.79 Å². The molecule has 4 rings (SSSR count). The SMILES string of the molecule is O=C(O)c1ccc(C(=O)c2cc3c4c(c2O)CCCN4CCCC3)c(C(=O)O)c1. The summed E-state index contributed by atoms with van der Waals surface area (Å²) in [5.41, 5.74) is 2.10. The summed E-state index contributed by atoms with van der Waals surface area (Å²) in [6, 6.07) is 5.06. The van der Waals surface area contributed by atoms with E-state index in [1.807, 2.05) is 0 Å². The van der Waals surface area contributed by atoms with Gasteiger partial charge in [0.2, 0.25) is 0 Å². The van der Waals surface area contributed by atoms with Gasteiger partial charge in [-0.15, -0.1) is 0 Å². The van der Waals surface area contributed by atoms with Gasteiger partial charge in [0.05, 0.1) is 16.7 Å². The molecule has 2 aliphatic rings. The first-order valence-corrected chi connectivity index (χ1v) is 9.66. The van der Waals surface area contributed by atoms with Gasteiger partial charge >= 0.3 is 11.9 Å². The number of benzene rings is 2. The van der Waals surface area contributed by atoms with Crippen LogP contribution in [0.2, 0.25) is 0 Å². The van der Waals surface area contributed by atoms with Crippen molar-refractivity contribution in [3.05, 3.63) is 57.6 Å². The highest BCUT2D eigenvalue weighted by molar-refractivity contribution is 6.16. The maximum Gasteiger partial charge on any atom is 0.336 e. The normalized spacial score (nSPS) is 15.4. The molecule has 0 aromatic heterocycles. The summed E-state index contributed by atoms with van der Waals surface area (Å²) in [7, 11) is 0. The largest absolute Gasteiger partial charge is 0.507 e.